The summed E-state index contributed by atoms with van der Waals surface area (Å²) < 4.78 is 12.1. The Morgan fingerprint density at radius 3 is 3.07 bits per heavy atom. The Kier molecular flexibility index (Phi) is 3.65. The van der Waals surface area contributed by atoms with Crippen molar-refractivity contribution in [1.29, 1.82) is 0 Å². The lowest BCUT2D eigenvalue weighted by molar-refractivity contribution is 0.167. The molecule has 0 aliphatic carbocycles. The van der Waals surface area contributed by atoms with E-state index in [2.05, 4.69) is 28.9 Å². The van der Waals surface area contributed by atoms with Crippen LogP contribution in [0.3, 0.4) is 0 Å². The predicted molar refractivity (Wildman–Crippen MR) is 63.3 cm³/mol. The number of rotatable bonds is 3. The molecule has 0 radical (unpaired) electrons. The van der Waals surface area contributed by atoms with Gasteiger partial charge in [-0.25, -0.2) is 0 Å². The van der Waals surface area contributed by atoms with Crippen LogP contribution in [0.4, 0.5) is 0 Å². The van der Waals surface area contributed by atoms with Gasteiger partial charge >= 0.3 is 0 Å². The molecule has 1 fully saturated rings. The zero-order valence-corrected chi connectivity index (χ0v) is 10.4. The second-order valence-electron chi connectivity index (χ2n) is 3.95. The van der Waals surface area contributed by atoms with E-state index in [1.165, 1.54) is 5.56 Å². The van der Waals surface area contributed by atoms with E-state index in [0.29, 0.717) is 5.92 Å². The first-order valence-electron chi connectivity index (χ1n) is 5.22. The lowest BCUT2D eigenvalue weighted by Crippen LogP contribution is -2.11. The summed E-state index contributed by atoms with van der Waals surface area (Å²) in [5.41, 5.74) is 1.20. The fourth-order valence-corrected chi connectivity index (χ4v) is 1.88. The largest absolute Gasteiger partial charge is 0.493 e. The van der Waals surface area contributed by atoms with Gasteiger partial charge in [-0.15, -0.1) is 0 Å². The zero-order valence-electron chi connectivity index (χ0n) is 8.83. The predicted octanol–water partition coefficient (Wildman–Crippen LogP) is 3.17. The number of benzene rings is 1. The molecule has 3 heteroatoms. The molecule has 1 heterocycles. The molecule has 1 aromatic carbocycles. The van der Waals surface area contributed by atoms with Crippen molar-refractivity contribution in [3.63, 3.8) is 0 Å². The number of hydrogen-bond donors (Lipinski definition) is 0. The molecule has 2 nitrogen and oxygen atoms in total. The van der Waals surface area contributed by atoms with Crippen LogP contribution in [0.25, 0.3) is 0 Å². The van der Waals surface area contributed by atoms with Crippen LogP contribution in [0.5, 0.6) is 5.75 Å². The van der Waals surface area contributed by atoms with E-state index in [0.717, 1.165) is 36.5 Å². The average molecular weight is 271 g/mol. The summed E-state index contributed by atoms with van der Waals surface area (Å²) in [5, 5.41) is 0. The molecule has 0 bridgehead atoms. The van der Waals surface area contributed by atoms with Crippen LogP contribution in [0.15, 0.2) is 22.7 Å². The van der Waals surface area contributed by atoms with Gasteiger partial charge in [-0.1, -0.05) is 15.9 Å². The van der Waals surface area contributed by atoms with Gasteiger partial charge in [0, 0.05) is 17.0 Å². The highest BCUT2D eigenvalue weighted by molar-refractivity contribution is 9.10. The van der Waals surface area contributed by atoms with Crippen molar-refractivity contribution in [2.75, 3.05) is 19.8 Å². The summed E-state index contributed by atoms with van der Waals surface area (Å²) >= 11 is 3.47. The van der Waals surface area contributed by atoms with Crippen LogP contribution < -0.4 is 4.74 Å². The van der Waals surface area contributed by atoms with Gasteiger partial charge in [0.1, 0.15) is 5.75 Å². The van der Waals surface area contributed by atoms with Crippen LogP contribution >= 0.6 is 15.9 Å². The molecular formula is C12H15BrO2. The van der Waals surface area contributed by atoms with Crippen LogP contribution in [0.1, 0.15) is 12.0 Å². The minimum Gasteiger partial charge on any atom is -0.493 e. The Labute approximate surface area is 98.7 Å². The molecule has 0 aromatic heterocycles. The third-order valence-corrected chi connectivity index (χ3v) is 3.53. The van der Waals surface area contributed by atoms with Crippen LogP contribution in [0, 0.1) is 12.8 Å². The van der Waals surface area contributed by atoms with Crippen molar-refractivity contribution in [2.24, 2.45) is 5.92 Å². The van der Waals surface area contributed by atoms with E-state index in [1.807, 2.05) is 12.1 Å². The number of halogens is 1. The summed E-state index contributed by atoms with van der Waals surface area (Å²) in [7, 11) is 0. The lowest BCUT2D eigenvalue weighted by atomic mass is 10.1. The maximum atomic E-state index is 5.72. The molecule has 0 N–H and O–H groups in total. The zero-order chi connectivity index (χ0) is 10.7. The molecule has 1 atom stereocenters. The molecule has 0 spiro atoms. The first-order valence-corrected chi connectivity index (χ1v) is 6.01. The highest BCUT2D eigenvalue weighted by atomic mass is 79.9. The van der Waals surface area contributed by atoms with E-state index in [-0.39, 0.29) is 0 Å². The summed E-state index contributed by atoms with van der Waals surface area (Å²) in [5.74, 6) is 1.51. The fraction of sp³-hybridized carbons (Fsp3) is 0.500. The quantitative estimate of drug-likeness (QED) is 0.840. The normalized spacial score (nSPS) is 20.5. The molecule has 1 unspecified atom stereocenters. The van der Waals surface area contributed by atoms with Gasteiger partial charge in [-0.3, -0.25) is 0 Å². The Balaban J connectivity index is 1.90. The van der Waals surface area contributed by atoms with Crippen molar-refractivity contribution in [2.45, 2.75) is 13.3 Å². The van der Waals surface area contributed by atoms with E-state index in [4.69, 9.17) is 9.47 Å². The fourth-order valence-electron chi connectivity index (χ4n) is 1.64. The van der Waals surface area contributed by atoms with Gasteiger partial charge in [0.25, 0.3) is 0 Å². The van der Waals surface area contributed by atoms with E-state index in [9.17, 15) is 0 Å². The Morgan fingerprint density at radius 2 is 2.40 bits per heavy atom. The standard InChI is InChI=1S/C12H15BrO2/c1-9-6-11(2-3-12(9)13)15-8-10-4-5-14-7-10/h2-3,6,10H,4-5,7-8H2,1H3. The minimum atomic E-state index is 0.564. The maximum Gasteiger partial charge on any atom is 0.119 e. The monoisotopic (exact) mass is 270 g/mol. The smallest absolute Gasteiger partial charge is 0.119 e. The molecule has 0 saturated carbocycles. The Bertz CT molecular complexity index is 332. The summed E-state index contributed by atoms with van der Waals surface area (Å²) in [6.45, 7) is 4.56. The molecule has 82 valence electrons. The van der Waals surface area contributed by atoms with Crippen molar-refractivity contribution >= 4 is 15.9 Å². The van der Waals surface area contributed by atoms with Crippen LogP contribution in [-0.4, -0.2) is 19.8 Å². The summed E-state index contributed by atoms with van der Waals surface area (Å²) in [6, 6.07) is 6.07. The van der Waals surface area contributed by atoms with Gasteiger partial charge in [-0.2, -0.15) is 0 Å². The van der Waals surface area contributed by atoms with Gasteiger partial charge in [-0.05, 0) is 37.1 Å². The summed E-state index contributed by atoms with van der Waals surface area (Å²) in [6.07, 6.45) is 1.12. The first kappa shape index (κ1) is 11.0. The van der Waals surface area contributed by atoms with Gasteiger partial charge < -0.3 is 9.47 Å². The van der Waals surface area contributed by atoms with Gasteiger partial charge in [0.2, 0.25) is 0 Å². The van der Waals surface area contributed by atoms with Crippen molar-refractivity contribution in [1.82, 2.24) is 0 Å². The van der Waals surface area contributed by atoms with Crippen LogP contribution in [-0.2, 0) is 4.74 Å². The first-order chi connectivity index (χ1) is 7.25. The van der Waals surface area contributed by atoms with Crippen molar-refractivity contribution < 1.29 is 9.47 Å². The van der Waals surface area contributed by atoms with Crippen molar-refractivity contribution in [3.8, 4) is 5.75 Å². The maximum absolute atomic E-state index is 5.72. The highest BCUT2D eigenvalue weighted by Gasteiger charge is 2.16. The molecule has 1 aliphatic rings. The molecular weight excluding hydrogens is 256 g/mol. The van der Waals surface area contributed by atoms with E-state index < -0.39 is 0 Å². The Hall–Kier alpha value is -0.540. The third-order valence-electron chi connectivity index (χ3n) is 2.64. The molecule has 1 saturated heterocycles. The van der Waals surface area contributed by atoms with Gasteiger partial charge in [0.05, 0.1) is 13.2 Å². The highest BCUT2D eigenvalue weighted by Crippen LogP contribution is 2.22. The van der Waals surface area contributed by atoms with Crippen LogP contribution in [0.2, 0.25) is 0 Å². The van der Waals surface area contributed by atoms with Gasteiger partial charge in [0.15, 0.2) is 0 Å². The topological polar surface area (TPSA) is 18.5 Å². The lowest BCUT2D eigenvalue weighted by Gasteiger charge is -2.11. The average Bonchev–Trinajstić information content (AvgIpc) is 2.73. The summed E-state index contributed by atoms with van der Waals surface area (Å²) in [4.78, 5) is 0. The second-order valence-corrected chi connectivity index (χ2v) is 4.81. The minimum absolute atomic E-state index is 0.564. The molecule has 0 amide bonds. The second kappa shape index (κ2) is 4.99. The van der Waals surface area contributed by atoms with E-state index in [1.54, 1.807) is 0 Å². The van der Waals surface area contributed by atoms with Crippen molar-refractivity contribution in [3.05, 3.63) is 28.2 Å². The third kappa shape index (κ3) is 2.95. The van der Waals surface area contributed by atoms with E-state index >= 15 is 0 Å². The number of ether oxygens (including phenoxy) is 2. The molecule has 2 rings (SSSR count). The number of hydrogen-bond acceptors (Lipinski definition) is 2. The number of aryl methyl sites for hydroxylation is 1. The SMILES string of the molecule is Cc1cc(OCC2CCOC2)ccc1Br. The Morgan fingerprint density at radius 1 is 1.53 bits per heavy atom. The molecule has 1 aliphatic heterocycles. The molecule has 1 aromatic rings. The molecule has 15 heavy (non-hydrogen) atoms.